The minimum Gasteiger partial charge on any atom is -0.0841 e. The molecule has 1 heteroatoms. The molecule has 0 N–H and O–H groups in total. The second-order valence-electron chi connectivity index (χ2n) is 4.16. The van der Waals surface area contributed by atoms with Crippen LogP contribution in [0.5, 0.6) is 0 Å². The van der Waals surface area contributed by atoms with E-state index < -0.39 is 0 Å². The molecule has 0 aromatic heterocycles. The Morgan fingerprint density at radius 3 is 2.62 bits per heavy atom. The molecule has 0 aliphatic heterocycles. The lowest BCUT2D eigenvalue weighted by Gasteiger charge is -2.15. The fourth-order valence-corrected chi connectivity index (χ4v) is 2.15. The third-order valence-corrected chi connectivity index (χ3v) is 3.63. The lowest BCUT2D eigenvalue weighted by atomic mass is 9.90. The molecule has 0 spiro atoms. The molecule has 0 saturated heterocycles. The maximum absolute atomic E-state index is 6.28. The molecule has 2 atom stereocenters. The summed E-state index contributed by atoms with van der Waals surface area (Å²) >= 11 is 6.28. The molecule has 0 bridgehead atoms. The fourth-order valence-electron chi connectivity index (χ4n) is 1.87. The van der Waals surface area contributed by atoms with Crippen molar-refractivity contribution in [2.24, 2.45) is 11.8 Å². The van der Waals surface area contributed by atoms with Gasteiger partial charge in [-0.1, -0.05) is 44.0 Å². The van der Waals surface area contributed by atoms with E-state index in [9.17, 15) is 0 Å². The van der Waals surface area contributed by atoms with Crippen LogP contribution in [0.3, 0.4) is 0 Å². The first-order valence-electron chi connectivity index (χ1n) is 5.12. The Morgan fingerprint density at radius 1 is 1.46 bits per heavy atom. The van der Waals surface area contributed by atoms with Crippen molar-refractivity contribution in [3.05, 3.63) is 22.3 Å². The minimum absolute atomic E-state index is 0.651. The molecule has 0 aromatic carbocycles. The van der Waals surface area contributed by atoms with Crippen LogP contribution in [0.1, 0.15) is 40.5 Å². The van der Waals surface area contributed by atoms with E-state index in [4.69, 9.17) is 11.6 Å². The first-order valence-corrected chi connectivity index (χ1v) is 5.50. The summed E-state index contributed by atoms with van der Waals surface area (Å²) < 4.78 is 0. The van der Waals surface area contributed by atoms with Crippen molar-refractivity contribution in [1.29, 1.82) is 0 Å². The number of hydrogen-bond acceptors (Lipinski definition) is 0. The summed E-state index contributed by atoms with van der Waals surface area (Å²) in [4.78, 5) is 0. The standard InChI is InChI=1S/C12H19Cl/c1-5-11-7-9(3)8(2)6-10(4)12(11)13/h6,8-9H,5,7H2,1-4H3. The third kappa shape index (κ3) is 2.37. The number of rotatable bonds is 1. The molecular weight excluding hydrogens is 180 g/mol. The number of halogens is 1. The van der Waals surface area contributed by atoms with E-state index in [1.807, 2.05) is 0 Å². The first-order chi connectivity index (χ1) is 6.06. The molecule has 0 fully saturated rings. The van der Waals surface area contributed by atoms with E-state index in [0.717, 1.165) is 23.8 Å². The van der Waals surface area contributed by atoms with Crippen LogP contribution >= 0.6 is 11.6 Å². The van der Waals surface area contributed by atoms with Crippen molar-refractivity contribution in [2.45, 2.75) is 40.5 Å². The number of hydrogen-bond donors (Lipinski definition) is 0. The van der Waals surface area contributed by atoms with Crippen LogP contribution in [-0.2, 0) is 0 Å². The Hall–Kier alpha value is -0.230. The molecule has 1 rings (SSSR count). The Balaban J connectivity index is 3.00. The van der Waals surface area contributed by atoms with E-state index in [2.05, 4.69) is 33.8 Å². The fraction of sp³-hybridized carbons (Fsp3) is 0.667. The summed E-state index contributed by atoms with van der Waals surface area (Å²) in [5.74, 6) is 1.37. The van der Waals surface area contributed by atoms with Gasteiger partial charge in [0, 0.05) is 5.03 Å². The van der Waals surface area contributed by atoms with Crippen LogP contribution in [-0.4, -0.2) is 0 Å². The predicted octanol–water partition coefficient (Wildman–Crippen LogP) is 4.51. The quantitative estimate of drug-likeness (QED) is 0.582. The monoisotopic (exact) mass is 198 g/mol. The zero-order valence-electron chi connectivity index (χ0n) is 9.02. The minimum atomic E-state index is 0.651. The largest absolute Gasteiger partial charge is 0.0841 e. The highest BCUT2D eigenvalue weighted by Gasteiger charge is 2.18. The summed E-state index contributed by atoms with van der Waals surface area (Å²) in [6.45, 7) is 8.89. The molecular formula is C12H19Cl. The van der Waals surface area contributed by atoms with E-state index >= 15 is 0 Å². The molecule has 13 heavy (non-hydrogen) atoms. The maximum atomic E-state index is 6.28. The van der Waals surface area contributed by atoms with Crippen LogP contribution in [0.15, 0.2) is 22.3 Å². The van der Waals surface area contributed by atoms with Crippen LogP contribution in [0.25, 0.3) is 0 Å². The van der Waals surface area contributed by atoms with Crippen molar-refractivity contribution in [2.75, 3.05) is 0 Å². The lowest BCUT2D eigenvalue weighted by Crippen LogP contribution is -2.04. The summed E-state index contributed by atoms with van der Waals surface area (Å²) in [6, 6.07) is 0. The smallest absolute Gasteiger partial charge is 0.0424 e. The summed E-state index contributed by atoms with van der Waals surface area (Å²) in [6.07, 6.45) is 4.54. The molecule has 0 radical (unpaired) electrons. The van der Waals surface area contributed by atoms with E-state index in [1.54, 1.807) is 0 Å². The van der Waals surface area contributed by atoms with Gasteiger partial charge in [-0.15, -0.1) is 0 Å². The molecule has 0 amide bonds. The summed E-state index contributed by atoms with van der Waals surface area (Å²) in [5.41, 5.74) is 2.68. The second kappa shape index (κ2) is 4.32. The van der Waals surface area contributed by atoms with Crippen molar-refractivity contribution in [3.8, 4) is 0 Å². The van der Waals surface area contributed by atoms with Crippen LogP contribution in [0.2, 0.25) is 0 Å². The van der Waals surface area contributed by atoms with Crippen molar-refractivity contribution in [1.82, 2.24) is 0 Å². The molecule has 0 saturated carbocycles. The molecule has 1 aliphatic rings. The van der Waals surface area contributed by atoms with Gasteiger partial charge >= 0.3 is 0 Å². The maximum Gasteiger partial charge on any atom is 0.0424 e. The Bertz CT molecular complexity index is 248. The van der Waals surface area contributed by atoms with Gasteiger partial charge in [0.2, 0.25) is 0 Å². The van der Waals surface area contributed by atoms with Gasteiger partial charge in [0.15, 0.2) is 0 Å². The van der Waals surface area contributed by atoms with E-state index in [-0.39, 0.29) is 0 Å². The lowest BCUT2D eigenvalue weighted by molar-refractivity contribution is 0.455. The normalized spacial score (nSPS) is 30.1. The van der Waals surface area contributed by atoms with Gasteiger partial charge in [0.1, 0.15) is 0 Å². The van der Waals surface area contributed by atoms with Gasteiger partial charge in [0.25, 0.3) is 0 Å². The van der Waals surface area contributed by atoms with E-state index in [0.29, 0.717) is 5.92 Å². The molecule has 74 valence electrons. The highest BCUT2D eigenvalue weighted by Crippen LogP contribution is 2.34. The van der Waals surface area contributed by atoms with Crippen LogP contribution in [0.4, 0.5) is 0 Å². The Morgan fingerprint density at radius 2 is 2.08 bits per heavy atom. The van der Waals surface area contributed by atoms with Crippen molar-refractivity contribution >= 4 is 11.6 Å². The topological polar surface area (TPSA) is 0 Å². The van der Waals surface area contributed by atoms with E-state index in [1.165, 1.54) is 11.1 Å². The summed E-state index contributed by atoms with van der Waals surface area (Å²) in [5, 5.41) is 1.01. The number of allylic oxidation sites excluding steroid dienone is 4. The average Bonchev–Trinajstić information content (AvgIpc) is 2.18. The van der Waals surface area contributed by atoms with Gasteiger partial charge in [-0.25, -0.2) is 0 Å². The van der Waals surface area contributed by atoms with Gasteiger partial charge in [-0.3, -0.25) is 0 Å². The molecule has 0 heterocycles. The van der Waals surface area contributed by atoms with Gasteiger partial charge in [-0.2, -0.15) is 0 Å². The molecule has 0 aromatic rings. The molecule has 1 aliphatic carbocycles. The highest BCUT2D eigenvalue weighted by atomic mass is 35.5. The SMILES string of the molecule is CCC1=C(Cl)C(C)=CC(C)C(C)C1. The first kappa shape index (κ1) is 10.8. The predicted molar refractivity (Wildman–Crippen MR) is 59.9 cm³/mol. The van der Waals surface area contributed by atoms with Gasteiger partial charge < -0.3 is 0 Å². The second-order valence-corrected chi connectivity index (χ2v) is 4.54. The third-order valence-electron chi connectivity index (χ3n) is 3.06. The zero-order valence-corrected chi connectivity index (χ0v) is 9.78. The molecule has 2 unspecified atom stereocenters. The van der Waals surface area contributed by atoms with Crippen LogP contribution < -0.4 is 0 Å². The zero-order chi connectivity index (χ0) is 10.0. The van der Waals surface area contributed by atoms with Crippen molar-refractivity contribution < 1.29 is 0 Å². The molecule has 0 nitrogen and oxygen atoms in total. The summed E-state index contributed by atoms with van der Waals surface area (Å²) in [7, 11) is 0. The van der Waals surface area contributed by atoms with Gasteiger partial charge in [-0.05, 0) is 37.2 Å². The Labute approximate surface area is 86.7 Å². The average molecular weight is 199 g/mol. The van der Waals surface area contributed by atoms with Crippen molar-refractivity contribution in [3.63, 3.8) is 0 Å². The van der Waals surface area contributed by atoms with Crippen LogP contribution in [0, 0.1) is 11.8 Å². The van der Waals surface area contributed by atoms with Gasteiger partial charge in [0.05, 0.1) is 0 Å². The highest BCUT2D eigenvalue weighted by molar-refractivity contribution is 6.32. The Kier molecular flexibility index (Phi) is 3.61.